The van der Waals surface area contributed by atoms with Gasteiger partial charge in [-0.1, -0.05) is 83.5 Å². The minimum absolute atomic E-state index is 0.0284. The van der Waals surface area contributed by atoms with Crippen LogP contribution >= 0.6 is 11.6 Å². The van der Waals surface area contributed by atoms with Crippen LogP contribution in [0.4, 0.5) is 13.6 Å². The van der Waals surface area contributed by atoms with Crippen LogP contribution in [0, 0.1) is 11.6 Å². The molecule has 0 spiro atoms. The van der Waals surface area contributed by atoms with Gasteiger partial charge >= 0.3 is 6.09 Å². The molecule has 2 unspecified atom stereocenters. The Kier molecular flexibility index (Phi) is 13.4. The minimum Gasteiger partial charge on any atom is -0.482 e. The molecule has 3 aromatic rings. The van der Waals surface area contributed by atoms with Gasteiger partial charge < -0.3 is 29.0 Å². The molecule has 1 heterocycles. The fourth-order valence-electron chi connectivity index (χ4n) is 7.49. The van der Waals surface area contributed by atoms with Crippen LogP contribution in [0.2, 0.25) is 41.3 Å². The first kappa shape index (κ1) is 46.8. The molecule has 0 saturated carbocycles. The third kappa shape index (κ3) is 9.77. The maximum Gasteiger partial charge on any atom is 0.407 e. The van der Waals surface area contributed by atoms with E-state index in [0.29, 0.717) is 48.9 Å². The van der Waals surface area contributed by atoms with Gasteiger partial charge in [0.25, 0.3) is 5.91 Å². The summed E-state index contributed by atoms with van der Waals surface area (Å²) in [5.74, 6) is -1.77. The highest BCUT2D eigenvalue weighted by molar-refractivity contribution is 6.74. The molecule has 0 fully saturated rings. The van der Waals surface area contributed by atoms with E-state index in [0.717, 1.165) is 5.56 Å². The van der Waals surface area contributed by atoms with Gasteiger partial charge in [-0.25, -0.2) is 13.6 Å². The largest absolute Gasteiger partial charge is 0.482 e. The number of rotatable bonds is 12. The van der Waals surface area contributed by atoms with Crippen molar-refractivity contribution in [1.82, 2.24) is 10.6 Å². The molecule has 3 aromatic carbocycles. The van der Waals surface area contributed by atoms with Gasteiger partial charge in [-0.15, -0.1) is 0 Å². The van der Waals surface area contributed by atoms with Gasteiger partial charge in [-0.2, -0.15) is 0 Å². The molecule has 0 saturated heterocycles. The monoisotopic (exact) mass is 870 g/mol. The van der Waals surface area contributed by atoms with E-state index in [1.165, 1.54) is 13.1 Å². The van der Waals surface area contributed by atoms with Crippen LogP contribution in [-0.4, -0.2) is 47.8 Å². The summed E-state index contributed by atoms with van der Waals surface area (Å²) < 4.78 is 60.6. The standard InChI is InChI=1S/C46H65ClF2N2O6Si2/c1-43(2,3)55-42(53)51-23-19-18-22-46(28-20-16-15-17-21-28)27-31-33(54-46)25-32(48)39(47)37(31)38-30(41(52)50-10)24-29-34(56-58(11,12)44(4,5)6)26-35(36(29)40(38)49)57-59(13,14)45(7,8)9/h15-17,20-21,24-25,34-35H,18-19,22-23,26-27H2,1-14H3,(H,50,52)(H,51,53)/t34?,35?,46-/m0/s1. The van der Waals surface area contributed by atoms with Crippen molar-refractivity contribution in [3.05, 3.63) is 86.9 Å². The van der Waals surface area contributed by atoms with E-state index < -0.39 is 63.7 Å². The lowest BCUT2D eigenvalue weighted by molar-refractivity contribution is 0.0523. The molecule has 0 aromatic heterocycles. The van der Waals surface area contributed by atoms with E-state index in [2.05, 4.69) is 78.4 Å². The summed E-state index contributed by atoms with van der Waals surface area (Å²) >= 11 is 6.96. The number of alkyl carbamates (subject to hydrolysis) is 1. The number of hydrogen-bond donors (Lipinski definition) is 2. The second-order valence-electron chi connectivity index (χ2n) is 20.2. The van der Waals surface area contributed by atoms with Crippen LogP contribution in [0.1, 0.15) is 133 Å². The highest BCUT2D eigenvalue weighted by Gasteiger charge is 2.49. The van der Waals surface area contributed by atoms with Crippen LogP contribution in [-0.2, 0) is 25.6 Å². The molecule has 0 bridgehead atoms. The SMILES string of the molecule is CNC(=O)c1cc2c(c(F)c1-c1c(Cl)c(F)cc3c1C[C@@](CCCCNC(=O)OC(C)(C)C)(c1ccccc1)O3)C(O[Si](C)(C)C(C)(C)C)CC2O[Si](C)(C)C(C)(C)C. The summed E-state index contributed by atoms with van der Waals surface area (Å²) in [4.78, 5) is 26.3. The fraction of sp³-hybridized carbons (Fsp3) is 0.565. The van der Waals surface area contributed by atoms with Crippen LogP contribution in [0.3, 0.4) is 0 Å². The van der Waals surface area contributed by atoms with Crippen LogP contribution in [0.5, 0.6) is 5.75 Å². The molecule has 8 nitrogen and oxygen atoms in total. The highest BCUT2D eigenvalue weighted by atomic mass is 35.5. The molecule has 2 amide bonds. The third-order valence-electron chi connectivity index (χ3n) is 12.7. The average Bonchev–Trinajstić information content (AvgIpc) is 3.64. The molecule has 13 heteroatoms. The van der Waals surface area contributed by atoms with Crippen molar-refractivity contribution < 1.29 is 36.7 Å². The Morgan fingerprint density at radius 2 is 1.47 bits per heavy atom. The Bertz CT molecular complexity index is 2060. The zero-order valence-electron chi connectivity index (χ0n) is 37.5. The minimum atomic E-state index is -2.48. The lowest BCUT2D eigenvalue weighted by atomic mass is 9.82. The van der Waals surface area contributed by atoms with Crippen molar-refractivity contribution in [2.24, 2.45) is 0 Å². The molecule has 5 rings (SSSR count). The first-order valence-corrected chi connectivity index (χ1v) is 27.0. The third-order valence-corrected chi connectivity index (χ3v) is 22.0. The van der Waals surface area contributed by atoms with Crippen molar-refractivity contribution in [2.75, 3.05) is 13.6 Å². The molecular formula is C46H65ClF2N2O6Si2. The van der Waals surface area contributed by atoms with Gasteiger partial charge in [0, 0.05) is 54.8 Å². The fourth-order valence-corrected chi connectivity index (χ4v) is 10.3. The lowest BCUT2D eigenvalue weighted by Crippen LogP contribution is -2.42. The van der Waals surface area contributed by atoms with E-state index in [-0.39, 0.29) is 44.0 Å². The van der Waals surface area contributed by atoms with Crippen molar-refractivity contribution in [3.8, 4) is 16.9 Å². The Hall–Kier alpha value is -3.30. The van der Waals surface area contributed by atoms with Gasteiger partial charge in [0.15, 0.2) is 16.6 Å². The van der Waals surface area contributed by atoms with Gasteiger partial charge in [0.2, 0.25) is 0 Å². The maximum atomic E-state index is 18.2. The molecule has 59 heavy (non-hydrogen) atoms. The molecule has 0 radical (unpaired) electrons. The summed E-state index contributed by atoms with van der Waals surface area (Å²) in [7, 11) is -3.39. The highest BCUT2D eigenvalue weighted by Crippen LogP contribution is 2.56. The number of benzene rings is 3. The quantitative estimate of drug-likeness (QED) is 0.139. The molecular weight excluding hydrogens is 806 g/mol. The number of halogens is 3. The number of carbonyl (C=O) groups excluding carboxylic acids is 2. The predicted molar refractivity (Wildman–Crippen MR) is 237 cm³/mol. The van der Waals surface area contributed by atoms with Crippen molar-refractivity contribution in [3.63, 3.8) is 0 Å². The Balaban J connectivity index is 1.66. The second-order valence-corrected chi connectivity index (χ2v) is 30.1. The maximum absolute atomic E-state index is 18.2. The topological polar surface area (TPSA) is 95.1 Å². The number of unbranched alkanes of at least 4 members (excludes halogenated alkanes) is 1. The Labute approximate surface area is 357 Å². The van der Waals surface area contributed by atoms with Gasteiger partial charge in [-0.3, -0.25) is 4.79 Å². The van der Waals surface area contributed by atoms with Crippen molar-refractivity contribution in [2.45, 2.75) is 154 Å². The van der Waals surface area contributed by atoms with Gasteiger partial charge in [0.05, 0.1) is 22.8 Å². The number of ether oxygens (including phenoxy) is 2. The molecule has 1 aliphatic carbocycles. The summed E-state index contributed by atoms with van der Waals surface area (Å²) in [6.45, 7) is 27.3. The van der Waals surface area contributed by atoms with E-state index >= 15 is 8.78 Å². The Morgan fingerprint density at radius 1 is 0.881 bits per heavy atom. The summed E-state index contributed by atoms with van der Waals surface area (Å²) in [5, 5.41) is 4.91. The summed E-state index contributed by atoms with van der Waals surface area (Å²) in [5.41, 5.74) is 0.683. The normalized spacial score (nSPS) is 19.5. The van der Waals surface area contributed by atoms with Crippen molar-refractivity contribution >= 4 is 40.2 Å². The zero-order valence-corrected chi connectivity index (χ0v) is 40.3. The second kappa shape index (κ2) is 16.9. The zero-order chi connectivity index (χ0) is 44.1. The molecule has 3 atom stereocenters. The summed E-state index contributed by atoms with van der Waals surface area (Å²) in [6, 6.07) is 12.6. The molecule has 324 valence electrons. The van der Waals surface area contributed by atoms with E-state index in [9.17, 15) is 9.59 Å². The molecule has 2 aliphatic rings. The van der Waals surface area contributed by atoms with E-state index in [1.54, 1.807) is 6.07 Å². The predicted octanol–water partition coefficient (Wildman–Crippen LogP) is 12.7. The lowest BCUT2D eigenvalue weighted by Gasteiger charge is -2.40. The number of nitrogens with one attached hydrogen (secondary N) is 2. The number of hydrogen-bond acceptors (Lipinski definition) is 6. The van der Waals surface area contributed by atoms with Crippen LogP contribution < -0.4 is 15.4 Å². The van der Waals surface area contributed by atoms with E-state index in [1.807, 2.05) is 51.1 Å². The first-order chi connectivity index (χ1) is 27.1. The van der Waals surface area contributed by atoms with Crippen molar-refractivity contribution in [1.29, 1.82) is 0 Å². The van der Waals surface area contributed by atoms with Gasteiger partial charge in [-0.05, 0) is 93.5 Å². The number of carbonyl (C=O) groups is 2. The van der Waals surface area contributed by atoms with Crippen LogP contribution in [0.15, 0.2) is 42.5 Å². The summed E-state index contributed by atoms with van der Waals surface area (Å²) in [6.07, 6.45) is 0.642. The average molecular weight is 872 g/mol. The smallest absolute Gasteiger partial charge is 0.407 e. The van der Waals surface area contributed by atoms with Crippen LogP contribution in [0.25, 0.3) is 11.1 Å². The number of fused-ring (bicyclic) bond motifs is 2. The Morgan fingerprint density at radius 3 is 2.03 bits per heavy atom. The number of amides is 2. The van der Waals surface area contributed by atoms with Gasteiger partial charge in [0.1, 0.15) is 28.6 Å². The first-order valence-electron chi connectivity index (χ1n) is 20.8. The molecule has 2 N–H and O–H groups in total. The molecule has 1 aliphatic heterocycles. The van der Waals surface area contributed by atoms with E-state index in [4.69, 9.17) is 29.9 Å².